The molecule has 0 radical (unpaired) electrons. The summed E-state index contributed by atoms with van der Waals surface area (Å²) in [6, 6.07) is 13.3. The maximum Gasteiger partial charge on any atom is 0.243 e. The second-order valence-corrected chi connectivity index (χ2v) is 8.08. The van der Waals surface area contributed by atoms with Gasteiger partial charge in [-0.25, -0.2) is 8.42 Å². The van der Waals surface area contributed by atoms with Gasteiger partial charge < -0.3 is 5.32 Å². The van der Waals surface area contributed by atoms with Crippen molar-refractivity contribution >= 4 is 33.2 Å². The van der Waals surface area contributed by atoms with Gasteiger partial charge in [0.2, 0.25) is 15.9 Å². The Morgan fingerprint density at radius 3 is 2.44 bits per heavy atom. The number of halogens is 1. The lowest BCUT2D eigenvalue weighted by molar-refractivity contribution is -0.116. The monoisotopic (exact) mass is 380 g/mol. The zero-order valence-electron chi connectivity index (χ0n) is 14.2. The molecule has 5 nitrogen and oxygen atoms in total. The number of sulfonamides is 1. The fourth-order valence-corrected chi connectivity index (χ4v) is 3.99. The van der Waals surface area contributed by atoms with Gasteiger partial charge in [0.1, 0.15) is 0 Å². The Kier molecular flexibility index (Phi) is 6.58. The van der Waals surface area contributed by atoms with Crippen molar-refractivity contribution in [2.24, 2.45) is 0 Å². The second-order valence-electron chi connectivity index (χ2n) is 5.71. The molecule has 0 saturated carbocycles. The number of rotatable bonds is 7. The molecule has 1 amide bonds. The fourth-order valence-electron chi connectivity index (χ4n) is 2.37. The summed E-state index contributed by atoms with van der Waals surface area (Å²) in [4.78, 5) is 12.4. The normalized spacial score (nSPS) is 11.5. The van der Waals surface area contributed by atoms with Gasteiger partial charge in [0.05, 0.1) is 11.4 Å². The molecule has 0 aromatic heterocycles. The highest BCUT2D eigenvalue weighted by molar-refractivity contribution is 7.89. The first kappa shape index (κ1) is 19.4. The summed E-state index contributed by atoms with van der Waals surface area (Å²) in [5.74, 6) is -0.378. The molecule has 1 N–H and O–H groups in total. The minimum atomic E-state index is -3.76. The number of aryl methyl sites for hydroxylation is 1. The molecular formula is C18H21ClN2O3S. The van der Waals surface area contributed by atoms with Gasteiger partial charge in [0.25, 0.3) is 0 Å². The van der Waals surface area contributed by atoms with E-state index in [2.05, 4.69) is 5.32 Å². The van der Waals surface area contributed by atoms with Gasteiger partial charge in [-0.05, 0) is 55.3 Å². The maximum atomic E-state index is 12.8. The van der Waals surface area contributed by atoms with E-state index in [1.54, 1.807) is 6.07 Å². The molecule has 0 atom stereocenters. The number of nitrogens with zero attached hydrogens (tertiary/aromatic N) is 1. The molecule has 2 rings (SSSR count). The number of nitrogens with one attached hydrogen (secondary N) is 1. The van der Waals surface area contributed by atoms with E-state index in [1.807, 2.05) is 32.0 Å². The molecule has 0 unspecified atom stereocenters. The Morgan fingerprint density at radius 1 is 1.16 bits per heavy atom. The summed E-state index contributed by atoms with van der Waals surface area (Å²) in [6.07, 6.45) is 0.602. The van der Waals surface area contributed by atoms with Crippen LogP contribution in [0.5, 0.6) is 0 Å². The van der Waals surface area contributed by atoms with Crippen molar-refractivity contribution in [3.8, 4) is 0 Å². The number of anilines is 1. The highest BCUT2D eigenvalue weighted by atomic mass is 35.5. The minimum Gasteiger partial charge on any atom is -0.325 e. The zero-order chi connectivity index (χ0) is 18.4. The Balaban J connectivity index is 2.16. The van der Waals surface area contributed by atoms with Gasteiger partial charge in [-0.2, -0.15) is 4.31 Å². The van der Waals surface area contributed by atoms with Crippen LogP contribution in [-0.4, -0.2) is 31.7 Å². The second kappa shape index (κ2) is 8.47. The number of hydrogen-bond acceptors (Lipinski definition) is 3. The van der Waals surface area contributed by atoms with Gasteiger partial charge in [-0.15, -0.1) is 0 Å². The van der Waals surface area contributed by atoms with E-state index in [4.69, 9.17) is 11.6 Å². The average molecular weight is 381 g/mol. The molecule has 0 bridgehead atoms. The highest BCUT2D eigenvalue weighted by Gasteiger charge is 2.26. The molecule has 0 aliphatic carbocycles. The summed E-state index contributed by atoms with van der Waals surface area (Å²) in [5, 5.41) is 3.19. The van der Waals surface area contributed by atoms with Gasteiger partial charge in [0, 0.05) is 17.3 Å². The predicted molar refractivity (Wildman–Crippen MR) is 100 cm³/mol. The van der Waals surface area contributed by atoms with Gasteiger partial charge >= 0.3 is 0 Å². The van der Waals surface area contributed by atoms with Crippen molar-refractivity contribution in [3.05, 3.63) is 59.1 Å². The summed E-state index contributed by atoms with van der Waals surface area (Å²) < 4.78 is 26.7. The molecule has 0 heterocycles. The minimum absolute atomic E-state index is 0.119. The lowest BCUT2D eigenvalue weighted by Crippen LogP contribution is -2.38. The Hall–Kier alpha value is -1.89. The van der Waals surface area contributed by atoms with Crippen molar-refractivity contribution in [1.82, 2.24) is 4.31 Å². The smallest absolute Gasteiger partial charge is 0.243 e. The number of carbonyl (C=O) groups is 1. The number of hydrogen-bond donors (Lipinski definition) is 1. The first-order chi connectivity index (χ1) is 11.8. The number of carbonyl (C=O) groups excluding carboxylic acids is 1. The Morgan fingerprint density at radius 2 is 1.84 bits per heavy atom. The van der Waals surface area contributed by atoms with Crippen LogP contribution in [0, 0.1) is 6.92 Å². The van der Waals surface area contributed by atoms with E-state index in [1.165, 1.54) is 28.6 Å². The largest absolute Gasteiger partial charge is 0.325 e. The molecule has 0 spiro atoms. The van der Waals surface area contributed by atoms with E-state index in [9.17, 15) is 13.2 Å². The summed E-state index contributed by atoms with van der Waals surface area (Å²) in [5.41, 5.74) is 1.65. The number of benzene rings is 2. The van der Waals surface area contributed by atoms with Gasteiger partial charge in [-0.1, -0.05) is 30.7 Å². The van der Waals surface area contributed by atoms with Crippen molar-refractivity contribution in [2.45, 2.75) is 25.2 Å². The molecule has 0 saturated heterocycles. The van der Waals surface area contributed by atoms with Crippen molar-refractivity contribution < 1.29 is 13.2 Å². The average Bonchev–Trinajstić information content (AvgIpc) is 2.55. The summed E-state index contributed by atoms with van der Waals surface area (Å²) in [6.45, 7) is 3.80. The van der Waals surface area contributed by atoms with Crippen molar-refractivity contribution in [2.75, 3.05) is 18.4 Å². The van der Waals surface area contributed by atoms with Crippen LogP contribution < -0.4 is 5.32 Å². The first-order valence-electron chi connectivity index (χ1n) is 7.95. The topological polar surface area (TPSA) is 66.5 Å². The Bertz CT molecular complexity index is 836. The van der Waals surface area contributed by atoms with E-state index < -0.39 is 10.0 Å². The van der Waals surface area contributed by atoms with Crippen LogP contribution in [0.25, 0.3) is 0 Å². The molecule has 7 heteroatoms. The molecule has 2 aromatic carbocycles. The van der Waals surface area contributed by atoms with Gasteiger partial charge in [0.15, 0.2) is 0 Å². The van der Waals surface area contributed by atoms with Crippen LogP contribution in [0.3, 0.4) is 0 Å². The molecule has 2 aromatic rings. The van der Waals surface area contributed by atoms with Crippen LogP contribution in [0.4, 0.5) is 5.69 Å². The fraction of sp³-hybridized carbons (Fsp3) is 0.278. The number of amides is 1. The van der Waals surface area contributed by atoms with E-state index in [0.29, 0.717) is 17.1 Å². The highest BCUT2D eigenvalue weighted by Crippen LogP contribution is 2.19. The van der Waals surface area contributed by atoms with Crippen LogP contribution >= 0.6 is 11.6 Å². The van der Waals surface area contributed by atoms with E-state index >= 15 is 0 Å². The van der Waals surface area contributed by atoms with Crippen molar-refractivity contribution in [1.29, 1.82) is 0 Å². The van der Waals surface area contributed by atoms with Crippen LogP contribution in [0.2, 0.25) is 5.02 Å². The molecule has 25 heavy (non-hydrogen) atoms. The molecule has 0 aliphatic rings. The lowest BCUT2D eigenvalue weighted by atomic mass is 10.2. The van der Waals surface area contributed by atoms with Crippen LogP contribution in [-0.2, 0) is 14.8 Å². The molecular weight excluding hydrogens is 360 g/mol. The van der Waals surface area contributed by atoms with Gasteiger partial charge in [-0.3, -0.25) is 4.79 Å². The molecule has 0 fully saturated rings. The molecule has 0 aliphatic heterocycles. The predicted octanol–water partition coefficient (Wildman–Crippen LogP) is 3.69. The third-order valence-electron chi connectivity index (χ3n) is 3.55. The third kappa shape index (κ3) is 5.29. The SMILES string of the molecule is CCCN(CC(=O)Nc1cccc(C)c1)S(=O)(=O)c1ccc(Cl)cc1. The Labute approximate surface area is 153 Å². The van der Waals surface area contributed by atoms with Crippen LogP contribution in [0.15, 0.2) is 53.4 Å². The van der Waals surface area contributed by atoms with E-state index in [-0.39, 0.29) is 23.9 Å². The standard InChI is InChI=1S/C18H21ClN2O3S/c1-3-11-21(25(23,24)17-9-7-15(19)8-10-17)13-18(22)20-16-6-4-5-14(2)12-16/h4-10,12H,3,11,13H2,1-2H3,(H,20,22). The maximum absolute atomic E-state index is 12.8. The lowest BCUT2D eigenvalue weighted by Gasteiger charge is -2.21. The van der Waals surface area contributed by atoms with Crippen molar-refractivity contribution in [3.63, 3.8) is 0 Å². The first-order valence-corrected chi connectivity index (χ1v) is 9.77. The summed E-state index contributed by atoms with van der Waals surface area (Å²) >= 11 is 5.82. The third-order valence-corrected chi connectivity index (χ3v) is 5.66. The quantitative estimate of drug-likeness (QED) is 0.796. The van der Waals surface area contributed by atoms with Crippen LogP contribution in [0.1, 0.15) is 18.9 Å². The summed E-state index contributed by atoms with van der Waals surface area (Å²) in [7, 11) is -3.76. The van der Waals surface area contributed by atoms with E-state index in [0.717, 1.165) is 5.56 Å². The zero-order valence-corrected chi connectivity index (χ0v) is 15.8. The molecule has 134 valence electrons.